The Morgan fingerprint density at radius 2 is 1.78 bits per heavy atom. The lowest BCUT2D eigenvalue weighted by Crippen LogP contribution is -2.30. The molecule has 1 aliphatic heterocycles. The van der Waals surface area contributed by atoms with Crippen molar-refractivity contribution in [2.24, 2.45) is 0 Å². The molecule has 3 rings (SSSR count). The number of rotatable bonds is 4. The molecule has 0 radical (unpaired) electrons. The fourth-order valence-corrected chi connectivity index (χ4v) is 2.24. The van der Waals surface area contributed by atoms with E-state index in [1.807, 2.05) is 31.2 Å². The fraction of sp³-hybridized carbons (Fsp3) is 0.278. The van der Waals surface area contributed by atoms with E-state index < -0.39 is 6.10 Å². The summed E-state index contributed by atoms with van der Waals surface area (Å²) in [5, 5.41) is 2.82. The molecule has 0 aromatic heterocycles. The second-order valence-electron chi connectivity index (χ2n) is 5.42. The standard InChI is InChI=1S/C18H19NO4/c1-12-3-6-15(7-4-12)23-13(2)18(20)19-14-5-8-16-17(11-14)22-10-9-21-16/h3-8,11,13H,9-10H2,1-2H3,(H,19,20)/t13-/m0/s1. The highest BCUT2D eigenvalue weighted by molar-refractivity contribution is 5.94. The summed E-state index contributed by atoms with van der Waals surface area (Å²) in [4.78, 5) is 12.2. The number of hydrogen-bond acceptors (Lipinski definition) is 4. The number of aryl methyl sites for hydroxylation is 1. The highest BCUT2D eigenvalue weighted by atomic mass is 16.6. The molecule has 0 fully saturated rings. The smallest absolute Gasteiger partial charge is 0.265 e. The van der Waals surface area contributed by atoms with Gasteiger partial charge in [0.1, 0.15) is 19.0 Å². The van der Waals surface area contributed by atoms with Gasteiger partial charge in [0.25, 0.3) is 5.91 Å². The number of hydrogen-bond donors (Lipinski definition) is 1. The molecule has 0 spiro atoms. The summed E-state index contributed by atoms with van der Waals surface area (Å²) in [6.45, 7) is 4.77. The van der Waals surface area contributed by atoms with E-state index in [2.05, 4.69) is 5.32 Å². The minimum absolute atomic E-state index is 0.220. The first-order valence-corrected chi connectivity index (χ1v) is 7.55. The molecule has 0 unspecified atom stereocenters. The normalized spacial score (nSPS) is 14.0. The summed E-state index contributed by atoms with van der Waals surface area (Å²) < 4.78 is 16.6. The first-order valence-electron chi connectivity index (χ1n) is 7.55. The summed E-state index contributed by atoms with van der Waals surface area (Å²) in [7, 11) is 0. The third kappa shape index (κ3) is 3.74. The lowest BCUT2D eigenvalue weighted by atomic mass is 10.2. The van der Waals surface area contributed by atoms with Crippen molar-refractivity contribution in [3.63, 3.8) is 0 Å². The van der Waals surface area contributed by atoms with Crippen LogP contribution in [0.15, 0.2) is 42.5 Å². The lowest BCUT2D eigenvalue weighted by molar-refractivity contribution is -0.122. The number of carbonyl (C=O) groups excluding carboxylic acids is 1. The Balaban J connectivity index is 1.63. The van der Waals surface area contributed by atoms with Crippen LogP contribution >= 0.6 is 0 Å². The van der Waals surface area contributed by atoms with Crippen LogP contribution in [-0.4, -0.2) is 25.2 Å². The predicted octanol–water partition coefficient (Wildman–Crippen LogP) is 3.17. The molecule has 120 valence electrons. The number of anilines is 1. The molecule has 1 N–H and O–H groups in total. The molecular weight excluding hydrogens is 294 g/mol. The van der Waals surface area contributed by atoms with Gasteiger partial charge in [0.15, 0.2) is 17.6 Å². The van der Waals surface area contributed by atoms with Gasteiger partial charge in [0.2, 0.25) is 0 Å². The summed E-state index contributed by atoms with van der Waals surface area (Å²) >= 11 is 0. The van der Waals surface area contributed by atoms with Crippen LogP contribution in [0.1, 0.15) is 12.5 Å². The molecule has 1 heterocycles. The third-order valence-electron chi connectivity index (χ3n) is 3.51. The van der Waals surface area contributed by atoms with Crippen molar-refractivity contribution in [3.8, 4) is 17.2 Å². The number of ether oxygens (including phenoxy) is 3. The number of carbonyl (C=O) groups is 1. The van der Waals surface area contributed by atoms with Crippen molar-refractivity contribution < 1.29 is 19.0 Å². The van der Waals surface area contributed by atoms with Crippen molar-refractivity contribution >= 4 is 11.6 Å². The maximum Gasteiger partial charge on any atom is 0.265 e. The molecular formula is C18H19NO4. The zero-order chi connectivity index (χ0) is 16.2. The minimum Gasteiger partial charge on any atom is -0.486 e. The van der Waals surface area contributed by atoms with Crippen molar-refractivity contribution in [2.75, 3.05) is 18.5 Å². The zero-order valence-corrected chi connectivity index (χ0v) is 13.2. The van der Waals surface area contributed by atoms with E-state index >= 15 is 0 Å². The Labute approximate surface area is 135 Å². The van der Waals surface area contributed by atoms with Crippen molar-refractivity contribution in [1.29, 1.82) is 0 Å². The van der Waals surface area contributed by atoms with E-state index in [9.17, 15) is 4.79 Å². The summed E-state index contributed by atoms with van der Waals surface area (Å²) in [6, 6.07) is 12.9. The molecule has 23 heavy (non-hydrogen) atoms. The summed E-state index contributed by atoms with van der Waals surface area (Å²) in [5.41, 5.74) is 1.80. The first-order chi connectivity index (χ1) is 11.1. The van der Waals surface area contributed by atoms with E-state index in [0.29, 0.717) is 36.1 Å². The van der Waals surface area contributed by atoms with Gasteiger partial charge in [0.05, 0.1) is 0 Å². The molecule has 0 saturated carbocycles. The van der Waals surface area contributed by atoms with Gasteiger partial charge in [-0.3, -0.25) is 4.79 Å². The van der Waals surface area contributed by atoms with Crippen LogP contribution in [0.25, 0.3) is 0 Å². The van der Waals surface area contributed by atoms with Gasteiger partial charge < -0.3 is 19.5 Å². The topological polar surface area (TPSA) is 56.8 Å². The van der Waals surface area contributed by atoms with Gasteiger partial charge >= 0.3 is 0 Å². The maximum absolute atomic E-state index is 12.2. The van der Waals surface area contributed by atoms with E-state index in [-0.39, 0.29) is 5.91 Å². The van der Waals surface area contributed by atoms with Crippen molar-refractivity contribution in [1.82, 2.24) is 0 Å². The maximum atomic E-state index is 12.2. The molecule has 1 amide bonds. The SMILES string of the molecule is Cc1ccc(O[C@@H](C)C(=O)Nc2ccc3c(c2)OCCO3)cc1. The second kappa shape index (κ2) is 6.60. The molecule has 1 atom stereocenters. The molecule has 0 aliphatic carbocycles. The third-order valence-corrected chi connectivity index (χ3v) is 3.51. The second-order valence-corrected chi connectivity index (χ2v) is 5.42. The monoisotopic (exact) mass is 313 g/mol. The number of benzene rings is 2. The van der Waals surface area contributed by atoms with Crippen LogP contribution in [0.2, 0.25) is 0 Å². The molecule has 2 aromatic carbocycles. The van der Waals surface area contributed by atoms with Gasteiger partial charge in [0, 0.05) is 11.8 Å². The molecule has 2 aromatic rings. The van der Waals surface area contributed by atoms with Crippen molar-refractivity contribution in [2.45, 2.75) is 20.0 Å². The van der Waals surface area contributed by atoms with Gasteiger partial charge in [-0.1, -0.05) is 17.7 Å². The van der Waals surface area contributed by atoms with Gasteiger partial charge in [-0.15, -0.1) is 0 Å². The van der Waals surface area contributed by atoms with Crippen LogP contribution in [0.3, 0.4) is 0 Å². The van der Waals surface area contributed by atoms with Crippen LogP contribution in [0.5, 0.6) is 17.2 Å². The first kappa shape index (κ1) is 15.2. The fourth-order valence-electron chi connectivity index (χ4n) is 2.24. The van der Waals surface area contributed by atoms with Crippen LogP contribution in [0, 0.1) is 6.92 Å². The highest BCUT2D eigenvalue weighted by Gasteiger charge is 2.17. The van der Waals surface area contributed by atoms with Crippen LogP contribution < -0.4 is 19.5 Å². The van der Waals surface area contributed by atoms with E-state index in [0.717, 1.165) is 5.56 Å². The van der Waals surface area contributed by atoms with E-state index in [4.69, 9.17) is 14.2 Å². The van der Waals surface area contributed by atoms with Crippen molar-refractivity contribution in [3.05, 3.63) is 48.0 Å². The van der Waals surface area contributed by atoms with E-state index in [1.54, 1.807) is 25.1 Å². The van der Waals surface area contributed by atoms with Gasteiger partial charge in [-0.05, 0) is 38.1 Å². The Morgan fingerprint density at radius 3 is 2.52 bits per heavy atom. The Morgan fingerprint density at radius 1 is 1.09 bits per heavy atom. The highest BCUT2D eigenvalue weighted by Crippen LogP contribution is 2.32. The quantitative estimate of drug-likeness (QED) is 0.942. The Kier molecular flexibility index (Phi) is 4.37. The molecule has 1 aliphatic rings. The average molecular weight is 313 g/mol. The molecule has 0 bridgehead atoms. The number of nitrogens with one attached hydrogen (secondary N) is 1. The lowest BCUT2D eigenvalue weighted by Gasteiger charge is -2.19. The van der Waals surface area contributed by atoms with Gasteiger partial charge in [-0.25, -0.2) is 0 Å². The Bertz CT molecular complexity index is 697. The summed E-state index contributed by atoms with van der Waals surface area (Å²) in [6.07, 6.45) is -0.606. The van der Waals surface area contributed by atoms with Crippen LogP contribution in [0.4, 0.5) is 5.69 Å². The minimum atomic E-state index is -0.606. The Hall–Kier alpha value is -2.69. The van der Waals surface area contributed by atoms with E-state index in [1.165, 1.54) is 0 Å². The zero-order valence-electron chi connectivity index (χ0n) is 13.2. The number of amides is 1. The summed E-state index contributed by atoms with van der Waals surface area (Å²) in [5.74, 6) is 1.78. The average Bonchev–Trinajstić information content (AvgIpc) is 2.56. The molecule has 5 nitrogen and oxygen atoms in total. The van der Waals surface area contributed by atoms with Gasteiger partial charge in [-0.2, -0.15) is 0 Å². The molecule has 0 saturated heterocycles. The number of fused-ring (bicyclic) bond motifs is 1. The van der Waals surface area contributed by atoms with Crippen LogP contribution in [-0.2, 0) is 4.79 Å². The molecule has 5 heteroatoms. The predicted molar refractivity (Wildman–Crippen MR) is 87.3 cm³/mol. The largest absolute Gasteiger partial charge is 0.486 e.